The van der Waals surface area contributed by atoms with Gasteiger partial charge in [-0.05, 0) is 48.5 Å². The van der Waals surface area contributed by atoms with Gasteiger partial charge in [-0.1, -0.05) is 48.2 Å². The molecule has 0 aliphatic carbocycles. The number of rotatable bonds is 1. The molecule has 0 radical (unpaired) electrons. The van der Waals surface area contributed by atoms with E-state index in [-0.39, 0.29) is 5.43 Å². The summed E-state index contributed by atoms with van der Waals surface area (Å²) in [6, 6.07) is 30.0. The van der Waals surface area contributed by atoms with Crippen LogP contribution in [-0.2, 0) is 0 Å². The number of fused-ring (bicyclic) bond motifs is 4. The molecule has 0 saturated carbocycles. The summed E-state index contributed by atoms with van der Waals surface area (Å²) in [5, 5.41) is 1.21. The zero-order valence-corrected chi connectivity index (χ0v) is 16.1. The summed E-state index contributed by atoms with van der Waals surface area (Å²) in [4.78, 5) is 17.5. The molecule has 5 aromatic rings. The first-order valence-corrected chi connectivity index (χ1v) is 10.2. The van der Waals surface area contributed by atoms with E-state index in [0.29, 0.717) is 21.9 Å². The predicted molar refractivity (Wildman–Crippen MR) is 119 cm³/mol. The predicted octanol–water partition coefficient (Wildman–Crippen LogP) is 6.88. The number of anilines is 3. The van der Waals surface area contributed by atoms with E-state index < -0.39 is 0 Å². The van der Waals surface area contributed by atoms with Gasteiger partial charge in [0, 0.05) is 21.5 Å². The van der Waals surface area contributed by atoms with E-state index in [1.165, 1.54) is 9.79 Å². The summed E-state index contributed by atoms with van der Waals surface area (Å²) in [6.07, 6.45) is 0. The van der Waals surface area contributed by atoms with Crippen molar-refractivity contribution in [1.82, 2.24) is 0 Å². The molecule has 0 unspecified atom stereocenters. The molecule has 3 nitrogen and oxygen atoms in total. The second-order valence-electron chi connectivity index (χ2n) is 6.98. The van der Waals surface area contributed by atoms with E-state index in [9.17, 15) is 4.79 Å². The molecule has 1 aromatic heterocycles. The first-order valence-electron chi connectivity index (χ1n) is 9.41. The highest BCUT2D eigenvalue weighted by Gasteiger charge is 2.24. The maximum Gasteiger partial charge on any atom is 0.200 e. The van der Waals surface area contributed by atoms with Crippen LogP contribution in [0.15, 0.2) is 110 Å². The van der Waals surface area contributed by atoms with Gasteiger partial charge in [-0.2, -0.15) is 0 Å². The van der Waals surface area contributed by atoms with E-state index >= 15 is 0 Å². The van der Waals surface area contributed by atoms with Crippen molar-refractivity contribution in [1.29, 1.82) is 0 Å². The fourth-order valence-electron chi connectivity index (χ4n) is 3.91. The van der Waals surface area contributed by atoms with Gasteiger partial charge < -0.3 is 9.32 Å². The van der Waals surface area contributed by atoms with Crippen molar-refractivity contribution in [2.24, 2.45) is 0 Å². The van der Waals surface area contributed by atoms with Gasteiger partial charge in [0.2, 0.25) is 5.43 Å². The number of nitrogens with zero attached hydrogens (tertiary/aromatic N) is 1. The van der Waals surface area contributed by atoms with Crippen LogP contribution in [0.3, 0.4) is 0 Å². The highest BCUT2D eigenvalue weighted by Crippen LogP contribution is 2.51. The fraction of sp³-hybridized carbons (Fsp3) is 0. The number of benzene rings is 4. The Kier molecular flexibility index (Phi) is 3.55. The SMILES string of the molecule is O=c1c2ccccc2oc2cc(N3c4ccccc4Sc4ccccc43)ccc12. The Labute approximate surface area is 171 Å². The molecule has 6 rings (SSSR count). The minimum absolute atomic E-state index is 0.00315. The minimum atomic E-state index is 0.00315. The van der Waals surface area contributed by atoms with Crippen LogP contribution in [0, 0.1) is 0 Å². The van der Waals surface area contributed by atoms with Crippen molar-refractivity contribution in [3.8, 4) is 0 Å². The first-order chi connectivity index (χ1) is 14.3. The van der Waals surface area contributed by atoms with Gasteiger partial charge in [-0.15, -0.1) is 0 Å². The van der Waals surface area contributed by atoms with Gasteiger partial charge in [-0.3, -0.25) is 4.79 Å². The second-order valence-corrected chi connectivity index (χ2v) is 8.06. The third kappa shape index (κ3) is 2.50. The van der Waals surface area contributed by atoms with E-state index in [2.05, 4.69) is 53.4 Å². The van der Waals surface area contributed by atoms with Crippen LogP contribution < -0.4 is 10.3 Å². The lowest BCUT2D eigenvalue weighted by atomic mass is 10.1. The third-order valence-corrected chi connectivity index (χ3v) is 6.38. The average Bonchev–Trinajstić information content (AvgIpc) is 2.77. The van der Waals surface area contributed by atoms with E-state index in [1.54, 1.807) is 11.8 Å². The highest BCUT2D eigenvalue weighted by atomic mass is 32.2. The fourth-order valence-corrected chi connectivity index (χ4v) is 4.97. The largest absolute Gasteiger partial charge is 0.456 e. The Bertz CT molecular complexity index is 1430. The molecule has 138 valence electrons. The molecule has 1 aliphatic rings. The minimum Gasteiger partial charge on any atom is -0.456 e. The summed E-state index contributed by atoms with van der Waals surface area (Å²) in [5.74, 6) is 0. The van der Waals surface area contributed by atoms with Crippen molar-refractivity contribution >= 4 is 50.8 Å². The molecule has 0 N–H and O–H groups in total. The van der Waals surface area contributed by atoms with Gasteiger partial charge in [0.15, 0.2) is 0 Å². The molecule has 4 aromatic carbocycles. The maximum atomic E-state index is 12.9. The van der Waals surface area contributed by atoms with Crippen LogP contribution in [0.2, 0.25) is 0 Å². The van der Waals surface area contributed by atoms with E-state index in [0.717, 1.165) is 17.1 Å². The van der Waals surface area contributed by atoms with E-state index in [1.807, 2.05) is 42.5 Å². The summed E-state index contributed by atoms with van der Waals surface area (Å²) in [6.45, 7) is 0. The average molecular weight is 393 g/mol. The smallest absolute Gasteiger partial charge is 0.200 e. The lowest BCUT2D eigenvalue weighted by Crippen LogP contribution is -2.15. The molecule has 2 heterocycles. The lowest BCUT2D eigenvalue weighted by Gasteiger charge is -2.32. The Hall–Kier alpha value is -3.50. The molecule has 0 fully saturated rings. The van der Waals surface area contributed by atoms with Crippen molar-refractivity contribution in [2.45, 2.75) is 9.79 Å². The molecule has 1 aliphatic heterocycles. The van der Waals surface area contributed by atoms with Gasteiger partial charge in [0.25, 0.3) is 0 Å². The maximum absolute atomic E-state index is 12.9. The van der Waals surface area contributed by atoms with Gasteiger partial charge in [-0.25, -0.2) is 0 Å². The van der Waals surface area contributed by atoms with Crippen molar-refractivity contribution in [3.05, 3.63) is 101 Å². The van der Waals surface area contributed by atoms with Crippen molar-refractivity contribution < 1.29 is 4.42 Å². The lowest BCUT2D eigenvalue weighted by molar-refractivity contribution is 0.660. The quantitative estimate of drug-likeness (QED) is 0.285. The van der Waals surface area contributed by atoms with Crippen LogP contribution in [-0.4, -0.2) is 0 Å². The molecule has 0 spiro atoms. The Morgan fingerprint density at radius 1 is 0.655 bits per heavy atom. The Morgan fingerprint density at radius 2 is 1.28 bits per heavy atom. The Balaban J connectivity index is 1.63. The monoisotopic (exact) mass is 393 g/mol. The molecule has 0 bridgehead atoms. The number of hydrogen-bond acceptors (Lipinski definition) is 4. The summed E-state index contributed by atoms with van der Waals surface area (Å²) < 4.78 is 6.10. The van der Waals surface area contributed by atoms with Gasteiger partial charge in [0.1, 0.15) is 11.2 Å². The number of hydrogen-bond donors (Lipinski definition) is 0. The van der Waals surface area contributed by atoms with Crippen LogP contribution in [0.4, 0.5) is 17.1 Å². The molecular formula is C25H15NO2S. The van der Waals surface area contributed by atoms with Crippen molar-refractivity contribution in [3.63, 3.8) is 0 Å². The Morgan fingerprint density at radius 3 is 2.03 bits per heavy atom. The van der Waals surface area contributed by atoms with Crippen LogP contribution in [0.25, 0.3) is 21.9 Å². The standard InChI is InChI=1S/C25H15NO2S/c27-25-17-7-1-4-10-21(17)28-22-15-16(13-14-18(22)25)26-19-8-2-5-11-23(19)29-24-12-6-3-9-20(24)26/h1-15H. The van der Waals surface area contributed by atoms with Crippen LogP contribution >= 0.6 is 11.8 Å². The molecule has 0 amide bonds. The zero-order chi connectivity index (χ0) is 19.4. The summed E-state index contributed by atoms with van der Waals surface area (Å²) in [7, 11) is 0. The van der Waals surface area contributed by atoms with Gasteiger partial charge >= 0.3 is 0 Å². The second kappa shape index (κ2) is 6.26. The third-order valence-electron chi connectivity index (χ3n) is 5.25. The normalized spacial score (nSPS) is 12.8. The van der Waals surface area contributed by atoms with E-state index in [4.69, 9.17) is 4.42 Å². The summed E-state index contributed by atoms with van der Waals surface area (Å²) in [5.41, 5.74) is 4.42. The topological polar surface area (TPSA) is 33.5 Å². The summed E-state index contributed by atoms with van der Waals surface area (Å²) >= 11 is 1.77. The zero-order valence-electron chi connectivity index (χ0n) is 15.3. The van der Waals surface area contributed by atoms with Gasteiger partial charge in [0.05, 0.1) is 22.1 Å². The van der Waals surface area contributed by atoms with Crippen LogP contribution in [0.5, 0.6) is 0 Å². The highest BCUT2D eigenvalue weighted by molar-refractivity contribution is 7.99. The molecule has 0 saturated heterocycles. The van der Waals surface area contributed by atoms with Crippen LogP contribution in [0.1, 0.15) is 0 Å². The van der Waals surface area contributed by atoms with Crippen molar-refractivity contribution in [2.75, 3.05) is 4.90 Å². The number of para-hydroxylation sites is 3. The molecule has 29 heavy (non-hydrogen) atoms. The first kappa shape index (κ1) is 16.5. The molecule has 0 atom stereocenters. The molecule has 4 heteroatoms. The molecular weight excluding hydrogens is 378 g/mol.